The summed E-state index contributed by atoms with van der Waals surface area (Å²) in [6, 6.07) is 10.5. The molecule has 0 bridgehead atoms. The van der Waals surface area contributed by atoms with E-state index in [9.17, 15) is 0 Å². The fourth-order valence-corrected chi connectivity index (χ4v) is 1.86. The van der Waals surface area contributed by atoms with Crippen LogP contribution < -0.4 is 5.73 Å². The van der Waals surface area contributed by atoms with Crippen molar-refractivity contribution >= 4 is 5.82 Å². The first-order valence-corrected chi connectivity index (χ1v) is 6.16. The molecule has 1 aromatic carbocycles. The van der Waals surface area contributed by atoms with E-state index >= 15 is 0 Å². The molecular weight excluding hydrogens is 224 g/mol. The third kappa shape index (κ3) is 3.60. The largest absolute Gasteiger partial charge is 0.382 e. The topological polar surface area (TPSA) is 47.1 Å². The molecule has 0 unspecified atom stereocenters. The number of nitrogens with zero attached hydrogens (tertiary/aromatic N) is 3. The molecule has 1 aromatic heterocycles. The molecule has 0 amide bonds. The van der Waals surface area contributed by atoms with Gasteiger partial charge in [-0.25, -0.2) is 0 Å². The number of aryl methyl sites for hydroxylation is 1. The van der Waals surface area contributed by atoms with E-state index in [-0.39, 0.29) is 0 Å². The Balaban J connectivity index is 1.81. The number of anilines is 1. The number of nitrogens with two attached hydrogens (primary N) is 1. The van der Waals surface area contributed by atoms with Crippen LogP contribution >= 0.6 is 0 Å². The standard InChI is InChI=1S/C14H20N4/c1-12-3-5-13(6-4-12)11-17(2)9-10-18-8-7-14(15)16-18/h3-8H,9-11H2,1-2H3,(H2,15,16). The zero-order valence-electron chi connectivity index (χ0n) is 11.0. The third-order valence-corrected chi connectivity index (χ3v) is 2.95. The Morgan fingerprint density at radius 3 is 2.56 bits per heavy atom. The number of benzene rings is 1. The van der Waals surface area contributed by atoms with Gasteiger partial charge in [-0.1, -0.05) is 29.8 Å². The van der Waals surface area contributed by atoms with Crippen LogP contribution in [0.15, 0.2) is 36.5 Å². The van der Waals surface area contributed by atoms with Crippen LogP contribution in [-0.4, -0.2) is 28.3 Å². The lowest BCUT2D eigenvalue weighted by Crippen LogP contribution is -2.23. The summed E-state index contributed by atoms with van der Waals surface area (Å²) in [5.41, 5.74) is 8.21. The second kappa shape index (κ2) is 5.69. The van der Waals surface area contributed by atoms with Crippen LogP contribution in [0, 0.1) is 6.92 Å². The molecule has 2 rings (SSSR count). The van der Waals surface area contributed by atoms with Gasteiger partial charge in [0.1, 0.15) is 5.82 Å². The molecule has 18 heavy (non-hydrogen) atoms. The Hall–Kier alpha value is -1.81. The first-order valence-electron chi connectivity index (χ1n) is 6.16. The van der Waals surface area contributed by atoms with Crippen molar-refractivity contribution in [2.24, 2.45) is 0 Å². The SMILES string of the molecule is Cc1ccc(CN(C)CCn2ccc(N)n2)cc1. The van der Waals surface area contributed by atoms with Crippen LogP contribution in [0.5, 0.6) is 0 Å². The molecule has 0 aliphatic rings. The van der Waals surface area contributed by atoms with Crippen LogP contribution in [0.25, 0.3) is 0 Å². The predicted molar refractivity (Wildman–Crippen MR) is 74.2 cm³/mol. The zero-order valence-corrected chi connectivity index (χ0v) is 11.0. The van der Waals surface area contributed by atoms with Crippen molar-refractivity contribution in [1.82, 2.24) is 14.7 Å². The summed E-state index contributed by atoms with van der Waals surface area (Å²) in [7, 11) is 2.12. The lowest BCUT2D eigenvalue weighted by Gasteiger charge is -2.16. The number of aromatic nitrogens is 2. The van der Waals surface area contributed by atoms with Gasteiger partial charge >= 0.3 is 0 Å². The van der Waals surface area contributed by atoms with Crippen molar-refractivity contribution in [3.8, 4) is 0 Å². The average Bonchev–Trinajstić information content (AvgIpc) is 2.76. The summed E-state index contributed by atoms with van der Waals surface area (Å²) >= 11 is 0. The van der Waals surface area contributed by atoms with Gasteiger partial charge in [0, 0.05) is 19.3 Å². The molecule has 96 valence electrons. The maximum absolute atomic E-state index is 5.58. The van der Waals surface area contributed by atoms with Crippen LogP contribution in [0.1, 0.15) is 11.1 Å². The summed E-state index contributed by atoms with van der Waals surface area (Å²) in [6.07, 6.45) is 1.91. The molecule has 0 aliphatic heterocycles. The first kappa shape index (κ1) is 12.6. The number of hydrogen-bond donors (Lipinski definition) is 1. The molecule has 0 saturated heterocycles. The van der Waals surface area contributed by atoms with Gasteiger partial charge in [0.05, 0.1) is 6.54 Å². The van der Waals surface area contributed by atoms with Gasteiger partial charge in [-0.2, -0.15) is 5.10 Å². The highest BCUT2D eigenvalue weighted by Gasteiger charge is 2.01. The summed E-state index contributed by atoms with van der Waals surface area (Å²) < 4.78 is 1.88. The highest BCUT2D eigenvalue weighted by Crippen LogP contribution is 2.06. The van der Waals surface area contributed by atoms with Crippen molar-refractivity contribution in [1.29, 1.82) is 0 Å². The van der Waals surface area contributed by atoms with Crippen LogP contribution in [0.3, 0.4) is 0 Å². The summed E-state index contributed by atoms with van der Waals surface area (Å²) in [6.45, 7) is 4.88. The second-order valence-electron chi connectivity index (χ2n) is 4.73. The molecule has 4 heteroatoms. The number of likely N-dealkylation sites (N-methyl/N-ethyl adjacent to an activating group) is 1. The van der Waals surface area contributed by atoms with Gasteiger partial charge < -0.3 is 10.6 Å². The quantitative estimate of drug-likeness (QED) is 0.874. The molecule has 4 nitrogen and oxygen atoms in total. The monoisotopic (exact) mass is 244 g/mol. The zero-order chi connectivity index (χ0) is 13.0. The molecule has 0 aliphatic carbocycles. The number of hydrogen-bond acceptors (Lipinski definition) is 3. The van der Waals surface area contributed by atoms with Gasteiger partial charge in [-0.15, -0.1) is 0 Å². The second-order valence-corrected chi connectivity index (χ2v) is 4.73. The third-order valence-electron chi connectivity index (χ3n) is 2.95. The molecule has 2 aromatic rings. The highest BCUT2D eigenvalue weighted by atomic mass is 15.3. The number of nitrogen functional groups attached to an aromatic ring is 1. The Morgan fingerprint density at radius 2 is 1.94 bits per heavy atom. The Bertz CT molecular complexity index is 487. The van der Waals surface area contributed by atoms with Crippen molar-refractivity contribution in [3.63, 3.8) is 0 Å². The van der Waals surface area contributed by atoms with Gasteiger partial charge in [0.2, 0.25) is 0 Å². The maximum atomic E-state index is 5.58. The lowest BCUT2D eigenvalue weighted by molar-refractivity contribution is 0.305. The highest BCUT2D eigenvalue weighted by molar-refractivity contribution is 5.23. The van der Waals surface area contributed by atoms with Crippen molar-refractivity contribution in [2.75, 3.05) is 19.3 Å². The minimum absolute atomic E-state index is 0.580. The average molecular weight is 244 g/mol. The number of rotatable bonds is 5. The van der Waals surface area contributed by atoms with Gasteiger partial charge in [0.15, 0.2) is 0 Å². The summed E-state index contributed by atoms with van der Waals surface area (Å²) in [5, 5.41) is 4.17. The van der Waals surface area contributed by atoms with Gasteiger partial charge in [-0.05, 0) is 25.6 Å². The van der Waals surface area contributed by atoms with E-state index in [1.165, 1.54) is 11.1 Å². The molecule has 1 heterocycles. The molecule has 0 atom stereocenters. The van der Waals surface area contributed by atoms with Crippen LogP contribution in [0.2, 0.25) is 0 Å². The van der Waals surface area contributed by atoms with E-state index < -0.39 is 0 Å². The van der Waals surface area contributed by atoms with Gasteiger partial charge in [0.25, 0.3) is 0 Å². The first-order chi connectivity index (χ1) is 8.63. The van der Waals surface area contributed by atoms with E-state index in [1.807, 2.05) is 16.9 Å². The molecule has 0 spiro atoms. The van der Waals surface area contributed by atoms with E-state index in [2.05, 4.69) is 48.2 Å². The minimum Gasteiger partial charge on any atom is -0.382 e. The van der Waals surface area contributed by atoms with Crippen molar-refractivity contribution < 1.29 is 0 Å². The summed E-state index contributed by atoms with van der Waals surface area (Å²) in [5.74, 6) is 0.580. The van der Waals surface area contributed by atoms with Crippen LogP contribution in [0.4, 0.5) is 5.82 Å². The van der Waals surface area contributed by atoms with E-state index in [0.717, 1.165) is 19.6 Å². The molecule has 0 fully saturated rings. The summed E-state index contributed by atoms with van der Waals surface area (Å²) in [4.78, 5) is 2.28. The minimum atomic E-state index is 0.580. The van der Waals surface area contributed by atoms with Crippen molar-refractivity contribution in [3.05, 3.63) is 47.7 Å². The fourth-order valence-electron chi connectivity index (χ4n) is 1.86. The van der Waals surface area contributed by atoms with E-state index in [1.54, 1.807) is 0 Å². The van der Waals surface area contributed by atoms with Gasteiger partial charge in [-0.3, -0.25) is 4.68 Å². The molecule has 2 N–H and O–H groups in total. The Labute approximate surface area is 108 Å². The predicted octanol–water partition coefficient (Wildman–Crippen LogP) is 1.91. The molecule has 0 saturated carbocycles. The van der Waals surface area contributed by atoms with E-state index in [4.69, 9.17) is 5.73 Å². The molecule has 0 radical (unpaired) electrons. The van der Waals surface area contributed by atoms with E-state index in [0.29, 0.717) is 5.82 Å². The Morgan fingerprint density at radius 1 is 1.22 bits per heavy atom. The lowest BCUT2D eigenvalue weighted by atomic mass is 10.1. The molecular formula is C14H20N4. The smallest absolute Gasteiger partial charge is 0.145 e. The normalized spacial score (nSPS) is 11.1. The van der Waals surface area contributed by atoms with Crippen molar-refractivity contribution in [2.45, 2.75) is 20.0 Å². The van der Waals surface area contributed by atoms with Crippen LogP contribution in [-0.2, 0) is 13.1 Å². The maximum Gasteiger partial charge on any atom is 0.145 e. The Kier molecular flexibility index (Phi) is 3.99. The fraction of sp³-hybridized carbons (Fsp3) is 0.357.